The van der Waals surface area contributed by atoms with Crippen LogP contribution in [0.25, 0.3) is 0 Å². The summed E-state index contributed by atoms with van der Waals surface area (Å²) in [5, 5.41) is 0. The number of nitrogens with two attached hydrogens (primary N) is 1. The zero-order valence-electron chi connectivity index (χ0n) is 19.2. The van der Waals surface area contributed by atoms with E-state index in [-0.39, 0.29) is 11.8 Å². The number of aromatic nitrogens is 1. The van der Waals surface area contributed by atoms with Crippen molar-refractivity contribution in [2.24, 2.45) is 5.73 Å². The van der Waals surface area contributed by atoms with E-state index in [1.165, 1.54) is 12.3 Å². The first-order valence-electron chi connectivity index (χ1n) is 10.7. The highest BCUT2D eigenvalue weighted by Gasteiger charge is 2.22. The van der Waals surface area contributed by atoms with Crippen LogP contribution in [-0.2, 0) is 17.7 Å². The molecule has 3 aromatic rings. The molecule has 0 fully saturated rings. The molecule has 0 aliphatic rings. The summed E-state index contributed by atoms with van der Waals surface area (Å²) in [7, 11) is 0. The third-order valence-electron chi connectivity index (χ3n) is 4.69. The number of ether oxygens (including phenoxy) is 2. The Morgan fingerprint density at radius 2 is 1.58 bits per heavy atom. The van der Waals surface area contributed by atoms with Gasteiger partial charge in [-0.2, -0.15) is 0 Å². The first kappa shape index (κ1) is 23.8. The van der Waals surface area contributed by atoms with Crippen molar-refractivity contribution in [1.82, 2.24) is 9.88 Å². The minimum Gasteiger partial charge on any atom is -0.456 e. The molecule has 7 nitrogen and oxygen atoms in total. The van der Waals surface area contributed by atoms with Gasteiger partial charge in [0.25, 0.3) is 5.91 Å². The predicted octanol–water partition coefficient (Wildman–Crippen LogP) is 4.95. The van der Waals surface area contributed by atoms with Gasteiger partial charge in [0.1, 0.15) is 22.8 Å². The van der Waals surface area contributed by atoms with Gasteiger partial charge in [-0.1, -0.05) is 42.5 Å². The van der Waals surface area contributed by atoms with Crippen molar-refractivity contribution in [1.29, 1.82) is 0 Å². The number of amides is 2. The van der Waals surface area contributed by atoms with Gasteiger partial charge in [-0.3, -0.25) is 4.79 Å². The topological polar surface area (TPSA) is 94.7 Å². The van der Waals surface area contributed by atoms with Crippen LogP contribution in [-0.4, -0.2) is 34.0 Å². The van der Waals surface area contributed by atoms with Gasteiger partial charge in [-0.25, -0.2) is 9.78 Å². The molecular weight excluding hydrogens is 418 g/mol. The Labute approximate surface area is 194 Å². The molecule has 0 aliphatic heterocycles. The Balaban J connectivity index is 1.66. The fourth-order valence-corrected chi connectivity index (χ4v) is 3.08. The minimum atomic E-state index is -0.590. The van der Waals surface area contributed by atoms with Gasteiger partial charge in [0.15, 0.2) is 0 Å². The lowest BCUT2D eigenvalue weighted by Gasteiger charge is -2.27. The van der Waals surface area contributed by atoms with Gasteiger partial charge in [0.05, 0.1) is 6.20 Å². The molecule has 0 radical (unpaired) electrons. The van der Waals surface area contributed by atoms with E-state index in [0.29, 0.717) is 24.6 Å². The number of rotatable bonds is 8. The van der Waals surface area contributed by atoms with Crippen LogP contribution in [0.3, 0.4) is 0 Å². The van der Waals surface area contributed by atoms with Gasteiger partial charge < -0.3 is 20.1 Å². The summed E-state index contributed by atoms with van der Waals surface area (Å²) in [6.07, 6.45) is 1.83. The molecule has 0 atom stereocenters. The Morgan fingerprint density at radius 1 is 0.909 bits per heavy atom. The molecule has 2 amide bonds. The molecule has 2 N–H and O–H groups in total. The number of hydrogen-bond acceptors (Lipinski definition) is 5. The summed E-state index contributed by atoms with van der Waals surface area (Å²) in [5.74, 6) is 0.513. The fourth-order valence-electron chi connectivity index (χ4n) is 3.08. The van der Waals surface area contributed by atoms with E-state index in [0.717, 1.165) is 17.5 Å². The number of hydrogen-bond donors (Lipinski definition) is 1. The lowest BCUT2D eigenvalue weighted by Crippen LogP contribution is -2.37. The maximum absolute atomic E-state index is 12.8. The highest BCUT2D eigenvalue weighted by atomic mass is 16.6. The van der Waals surface area contributed by atoms with Gasteiger partial charge >= 0.3 is 6.09 Å². The van der Waals surface area contributed by atoms with Crippen molar-refractivity contribution in [3.05, 3.63) is 89.7 Å². The summed E-state index contributed by atoms with van der Waals surface area (Å²) < 4.78 is 11.4. The van der Waals surface area contributed by atoms with E-state index in [4.69, 9.17) is 15.2 Å². The molecule has 2 aromatic carbocycles. The maximum Gasteiger partial charge on any atom is 0.410 e. The van der Waals surface area contributed by atoms with Crippen LogP contribution in [0, 0.1) is 0 Å². The molecule has 3 rings (SSSR count). The van der Waals surface area contributed by atoms with Crippen LogP contribution in [0.4, 0.5) is 4.79 Å². The third kappa shape index (κ3) is 7.64. The van der Waals surface area contributed by atoms with Crippen LogP contribution in [0.15, 0.2) is 72.9 Å². The molecule has 0 saturated heterocycles. The summed E-state index contributed by atoms with van der Waals surface area (Å²) in [5.41, 5.74) is 6.91. The molecule has 0 aliphatic carbocycles. The van der Waals surface area contributed by atoms with E-state index in [9.17, 15) is 9.59 Å². The van der Waals surface area contributed by atoms with E-state index < -0.39 is 11.5 Å². The average molecular weight is 448 g/mol. The Kier molecular flexibility index (Phi) is 7.66. The van der Waals surface area contributed by atoms with E-state index in [2.05, 4.69) is 4.98 Å². The first-order valence-corrected chi connectivity index (χ1v) is 10.7. The van der Waals surface area contributed by atoms with Crippen molar-refractivity contribution in [3.63, 3.8) is 0 Å². The molecule has 0 unspecified atom stereocenters. The Morgan fingerprint density at radius 3 is 2.15 bits per heavy atom. The van der Waals surface area contributed by atoms with Crippen molar-refractivity contribution in [2.75, 3.05) is 6.54 Å². The lowest BCUT2D eigenvalue weighted by atomic mass is 10.1. The number of pyridine rings is 1. The molecular formula is C26H29N3O4. The zero-order valence-corrected chi connectivity index (χ0v) is 19.2. The first-order chi connectivity index (χ1) is 15.7. The van der Waals surface area contributed by atoms with Crippen LogP contribution in [0.1, 0.15) is 42.4 Å². The van der Waals surface area contributed by atoms with Gasteiger partial charge in [0, 0.05) is 13.1 Å². The fraction of sp³-hybridized carbons (Fsp3) is 0.269. The number of carbonyl (C=O) groups excluding carboxylic acids is 2. The van der Waals surface area contributed by atoms with E-state index >= 15 is 0 Å². The van der Waals surface area contributed by atoms with Crippen LogP contribution >= 0.6 is 0 Å². The number of carbonyl (C=O) groups is 2. The molecule has 1 aromatic heterocycles. The Bertz CT molecular complexity index is 1060. The molecule has 172 valence electrons. The lowest BCUT2D eigenvalue weighted by molar-refractivity contribution is 0.0235. The second-order valence-corrected chi connectivity index (χ2v) is 8.63. The SMILES string of the molecule is CC(C)(C)OC(=O)N(CCc1ccccc1)Cc1ccc(Oc2ccc(C(N)=O)nc2)cc1. The molecule has 0 spiro atoms. The normalized spacial score (nSPS) is 11.0. The maximum atomic E-state index is 12.8. The highest BCUT2D eigenvalue weighted by molar-refractivity contribution is 5.90. The van der Waals surface area contributed by atoms with E-state index in [1.54, 1.807) is 11.0 Å². The van der Waals surface area contributed by atoms with Crippen molar-refractivity contribution >= 4 is 12.0 Å². The number of primary amides is 1. The number of nitrogens with zero attached hydrogens (tertiary/aromatic N) is 2. The predicted molar refractivity (Wildman–Crippen MR) is 126 cm³/mol. The molecule has 0 bridgehead atoms. The smallest absolute Gasteiger partial charge is 0.410 e. The van der Waals surface area contributed by atoms with Gasteiger partial charge in [-0.15, -0.1) is 0 Å². The highest BCUT2D eigenvalue weighted by Crippen LogP contribution is 2.22. The molecule has 0 saturated carbocycles. The summed E-state index contributed by atoms with van der Waals surface area (Å²) in [6.45, 7) is 6.53. The Hall–Kier alpha value is -3.87. The van der Waals surface area contributed by atoms with Crippen LogP contribution < -0.4 is 10.5 Å². The standard InChI is InChI=1S/C26H29N3O4/c1-26(2,3)33-25(31)29(16-15-19-7-5-4-6-8-19)18-20-9-11-21(12-10-20)32-22-13-14-23(24(27)30)28-17-22/h4-14,17H,15-16,18H2,1-3H3,(H2,27,30). The van der Waals surface area contributed by atoms with Crippen LogP contribution in [0.2, 0.25) is 0 Å². The minimum absolute atomic E-state index is 0.176. The van der Waals surface area contributed by atoms with Gasteiger partial charge in [0.2, 0.25) is 0 Å². The molecule has 7 heteroatoms. The quantitative estimate of drug-likeness (QED) is 0.527. The zero-order chi connectivity index (χ0) is 23.8. The molecule has 1 heterocycles. The summed E-state index contributed by atoms with van der Waals surface area (Å²) in [6, 6.07) is 20.6. The summed E-state index contributed by atoms with van der Waals surface area (Å²) in [4.78, 5) is 29.6. The van der Waals surface area contributed by atoms with Crippen LogP contribution in [0.5, 0.6) is 11.5 Å². The third-order valence-corrected chi connectivity index (χ3v) is 4.69. The van der Waals surface area contributed by atoms with Gasteiger partial charge in [-0.05, 0) is 62.6 Å². The van der Waals surface area contributed by atoms with Crippen molar-refractivity contribution < 1.29 is 19.1 Å². The van der Waals surface area contributed by atoms with Crippen molar-refractivity contribution in [3.8, 4) is 11.5 Å². The number of benzene rings is 2. The monoisotopic (exact) mass is 447 g/mol. The molecule has 33 heavy (non-hydrogen) atoms. The van der Waals surface area contributed by atoms with E-state index in [1.807, 2.05) is 75.4 Å². The average Bonchev–Trinajstić information content (AvgIpc) is 2.77. The largest absolute Gasteiger partial charge is 0.456 e. The second kappa shape index (κ2) is 10.6. The van der Waals surface area contributed by atoms with Crippen molar-refractivity contribution in [2.45, 2.75) is 39.3 Å². The summed E-state index contributed by atoms with van der Waals surface area (Å²) >= 11 is 0. The second-order valence-electron chi connectivity index (χ2n) is 8.63.